The van der Waals surface area contributed by atoms with Crippen molar-refractivity contribution in [3.8, 4) is 28.7 Å². The van der Waals surface area contributed by atoms with E-state index in [-0.39, 0.29) is 19.0 Å². The third-order valence-corrected chi connectivity index (χ3v) is 6.66. The number of alkyl halides is 1. The quantitative estimate of drug-likeness (QED) is 0.722. The highest BCUT2D eigenvalue weighted by atomic mass is 35.5. The second-order valence-electron chi connectivity index (χ2n) is 8.22. The molecule has 0 fully saturated rings. The van der Waals surface area contributed by atoms with Crippen LogP contribution in [0.1, 0.15) is 34.3 Å². The van der Waals surface area contributed by atoms with Crippen molar-refractivity contribution in [3.05, 3.63) is 41.0 Å². The Labute approximate surface area is 184 Å². The minimum Gasteiger partial charge on any atom is -0.493 e. The van der Waals surface area contributed by atoms with Crippen LogP contribution in [0.2, 0.25) is 0 Å². The van der Waals surface area contributed by atoms with Crippen LogP contribution in [-0.2, 0) is 6.42 Å². The number of benzene rings is 2. The molecule has 1 N–H and O–H groups in total. The van der Waals surface area contributed by atoms with E-state index in [2.05, 4.69) is 0 Å². The highest BCUT2D eigenvalue weighted by Gasteiger charge is 2.47. The lowest BCUT2D eigenvalue weighted by atomic mass is 9.81. The number of hydrogen-bond acceptors (Lipinski definition) is 7. The largest absolute Gasteiger partial charge is 0.493 e. The van der Waals surface area contributed by atoms with Gasteiger partial charge in [0, 0.05) is 23.6 Å². The molecule has 0 spiro atoms. The second kappa shape index (κ2) is 7.21. The monoisotopic (exact) mass is 446 g/mol. The maximum absolute atomic E-state index is 13.6. The third kappa shape index (κ3) is 3.02. The number of aliphatic hydroxyl groups excluding tert-OH is 1. The molecule has 2 aromatic carbocycles. The minimum atomic E-state index is -0.935. The number of halogens is 1. The van der Waals surface area contributed by atoms with Crippen molar-refractivity contribution >= 4 is 17.4 Å². The molecular weight excluding hydrogens is 424 g/mol. The number of ketones is 1. The van der Waals surface area contributed by atoms with Crippen LogP contribution >= 0.6 is 11.6 Å². The molecule has 8 heteroatoms. The Hall–Kier alpha value is -2.64. The first-order valence-electron chi connectivity index (χ1n) is 10.1. The lowest BCUT2D eigenvalue weighted by Gasteiger charge is -2.37. The van der Waals surface area contributed by atoms with Gasteiger partial charge in [0.05, 0.1) is 32.3 Å². The van der Waals surface area contributed by atoms with E-state index < -0.39 is 23.0 Å². The van der Waals surface area contributed by atoms with E-state index in [9.17, 15) is 9.90 Å². The summed E-state index contributed by atoms with van der Waals surface area (Å²) in [5.41, 5.74) is 2.02. The first kappa shape index (κ1) is 20.3. The van der Waals surface area contributed by atoms with Crippen LogP contribution in [0.3, 0.4) is 0 Å². The SMILES string of the molecule is COc1cc2c(cc1OC)[C@@H]1C(=O)c3ccc4c(c3O[C@@H]1CO2)C[C@H]([C@@](C)(Cl)CO)O4. The molecule has 0 amide bonds. The van der Waals surface area contributed by atoms with Gasteiger partial charge < -0.3 is 28.8 Å². The molecule has 3 aliphatic rings. The van der Waals surface area contributed by atoms with Crippen LogP contribution in [0.15, 0.2) is 24.3 Å². The molecule has 7 nitrogen and oxygen atoms in total. The normalized spacial score (nSPS) is 24.9. The third-order valence-electron chi connectivity index (χ3n) is 6.30. The van der Waals surface area contributed by atoms with E-state index in [0.717, 1.165) is 5.56 Å². The Bertz CT molecular complexity index is 1060. The molecule has 0 aromatic heterocycles. The average molecular weight is 447 g/mol. The Morgan fingerprint density at radius 3 is 2.61 bits per heavy atom. The van der Waals surface area contributed by atoms with Crippen molar-refractivity contribution in [2.24, 2.45) is 0 Å². The molecule has 0 saturated heterocycles. The lowest BCUT2D eigenvalue weighted by Crippen LogP contribution is -2.43. The van der Waals surface area contributed by atoms with E-state index in [1.165, 1.54) is 0 Å². The summed E-state index contributed by atoms with van der Waals surface area (Å²) in [7, 11) is 3.11. The summed E-state index contributed by atoms with van der Waals surface area (Å²) < 4.78 is 29.0. The zero-order chi connectivity index (χ0) is 21.9. The fourth-order valence-corrected chi connectivity index (χ4v) is 4.63. The molecule has 0 radical (unpaired) electrons. The smallest absolute Gasteiger partial charge is 0.178 e. The van der Waals surface area contributed by atoms with Crippen LogP contribution in [0, 0.1) is 0 Å². The van der Waals surface area contributed by atoms with Crippen LogP contribution in [0.5, 0.6) is 28.7 Å². The highest BCUT2D eigenvalue weighted by Crippen LogP contribution is 2.50. The topological polar surface area (TPSA) is 83.5 Å². The number of carbonyl (C=O) groups is 1. The molecule has 5 rings (SSSR count). The maximum Gasteiger partial charge on any atom is 0.178 e. The molecule has 0 unspecified atom stereocenters. The molecule has 3 aliphatic heterocycles. The molecule has 0 aliphatic carbocycles. The Balaban J connectivity index is 1.55. The number of fused-ring (bicyclic) bond motifs is 6. The number of ether oxygens (including phenoxy) is 5. The fraction of sp³-hybridized carbons (Fsp3) is 0.435. The van der Waals surface area contributed by atoms with Gasteiger partial charge in [-0.25, -0.2) is 0 Å². The predicted molar refractivity (Wildman–Crippen MR) is 112 cm³/mol. The summed E-state index contributed by atoms with van der Waals surface area (Å²) in [5, 5.41) is 9.61. The molecule has 164 valence electrons. The van der Waals surface area contributed by atoms with Gasteiger partial charge in [0.1, 0.15) is 40.9 Å². The van der Waals surface area contributed by atoms with E-state index in [1.807, 2.05) is 0 Å². The van der Waals surface area contributed by atoms with Crippen molar-refractivity contribution in [3.63, 3.8) is 0 Å². The van der Waals surface area contributed by atoms with Gasteiger partial charge in [0.15, 0.2) is 17.3 Å². The number of hydrogen-bond donors (Lipinski definition) is 1. The molecule has 3 heterocycles. The van der Waals surface area contributed by atoms with E-state index in [4.69, 9.17) is 35.3 Å². The van der Waals surface area contributed by atoms with E-state index >= 15 is 0 Å². The van der Waals surface area contributed by atoms with Crippen molar-refractivity contribution in [1.82, 2.24) is 0 Å². The van der Waals surface area contributed by atoms with Crippen LogP contribution in [0.25, 0.3) is 0 Å². The second-order valence-corrected chi connectivity index (χ2v) is 9.08. The van der Waals surface area contributed by atoms with Gasteiger partial charge in [-0.3, -0.25) is 4.79 Å². The van der Waals surface area contributed by atoms with Gasteiger partial charge in [0.2, 0.25) is 0 Å². The Morgan fingerprint density at radius 1 is 1.16 bits per heavy atom. The average Bonchev–Trinajstić information content (AvgIpc) is 3.23. The number of Topliss-reactive ketones (excluding diaryl/α,β-unsaturated/α-hetero) is 1. The van der Waals surface area contributed by atoms with Gasteiger partial charge >= 0.3 is 0 Å². The minimum absolute atomic E-state index is 0.0370. The zero-order valence-electron chi connectivity index (χ0n) is 17.4. The van der Waals surface area contributed by atoms with Gasteiger partial charge in [-0.1, -0.05) is 0 Å². The highest BCUT2D eigenvalue weighted by molar-refractivity contribution is 6.24. The summed E-state index contributed by atoms with van der Waals surface area (Å²) >= 11 is 6.42. The number of aliphatic hydroxyl groups is 1. The summed E-state index contributed by atoms with van der Waals surface area (Å²) in [5.74, 6) is 2.25. The molecule has 2 aromatic rings. The van der Waals surface area contributed by atoms with Gasteiger partial charge in [-0.15, -0.1) is 11.6 Å². The van der Waals surface area contributed by atoms with Crippen LogP contribution < -0.4 is 23.7 Å². The standard InChI is InChI=1S/C23H23ClO7/c1-23(24,10-25)19-7-13-14(30-19)5-4-11-21(26)20-12-6-16(27-2)17(28-3)8-15(12)29-9-18(20)31-22(11)13/h4-6,8,18-20,25H,7,9-10H2,1-3H3/t18-,19-,20+,23+/m1/s1. The van der Waals surface area contributed by atoms with Crippen molar-refractivity contribution in [2.75, 3.05) is 27.4 Å². The van der Waals surface area contributed by atoms with Gasteiger partial charge in [-0.05, 0) is 25.1 Å². The number of methoxy groups -OCH3 is 2. The Kier molecular flexibility index (Phi) is 4.71. The molecule has 4 atom stereocenters. The van der Waals surface area contributed by atoms with Crippen LogP contribution in [0.4, 0.5) is 0 Å². The summed E-state index contributed by atoms with van der Waals surface area (Å²) in [6, 6.07) is 7.03. The maximum atomic E-state index is 13.6. The number of rotatable bonds is 4. The van der Waals surface area contributed by atoms with Crippen LogP contribution in [-0.4, -0.2) is 55.4 Å². The summed E-state index contributed by atoms with van der Waals surface area (Å²) in [6.45, 7) is 1.74. The van der Waals surface area contributed by atoms with E-state index in [1.54, 1.807) is 45.4 Å². The molecular formula is C23H23ClO7. The summed E-state index contributed by atoms with van der Waals surface area (Å²) in [6.07, 6.45) is -0.444. The van der Waals surface area contributed by atoms with E-state index in [0.29, 0.717) is 46.3 Å². The zero-order valence-corrected chi connectivity index (χ0v) is 18.2. The Morgan fingerprint density at radius 2 is 1.90 bits per heavy atom. The lowest BCUT2D eigenvalue weighted by molar-refractivity contribution is 0.0554. The summed E-state index contributed by atoms with van der Waals surface area (Å²) in [4.78, 5) is 12.7. The molecule has 31 heavy (non-hydrogen) atoms. The van der Waals surface area contributed by atoms with Gasteiger partial charge in [0.25, 0.3) is 0 Å². The fourth-order valence-electron chi connectivity index (χ4n) is 4.50. The van der Waals surface area contributed by atoms with Crippen molar-refractivity contribution in [2.45, 2.75) is 36.3 Å². The van der Waals surface area contributed by atoms with Crippen molar-refractivity contribution in [1.29, 1.82) is 0 Å². The first-order valence-corrected chi connectivity index (χ1v) is 10.5. The first-order chi connectivity index (χ1) is 14.9. The van der Waals surface area contributed by atoms with Gasteiger partial charge in [-0.2, -0.15) is 0 Å². The predicted octanol–water partition coefficient (Wildman–Crippen LogP) is 3.12. The molecule has 0 bridgehead atoms. The number of carbonyl (C=O) groups excluding carboxylic acids is 1. The molecule has 0 saturated carbocycles. The van der Waals surface area contributed by atoms with Crippen molar-refractivity contribution < 1.29 is 33.6 Å².